The third-order valence-corrected chi connectivity index (χ3v) is 6.18. The van der Waals surface area contributed by atoms with E-state index in [4.69, 9.17) is 9.47 Å². The minimum Gasteiger partial charge on any atom is -0.381 e. The van der Waals surface area contributed by atoms with E-state index < -0.39 is 27.2 Å². The van der Waals surface area contributed by atoms with Gasteiger partial charge < -0.3 is 9.47 Å². The van der Waals surface area contributed by atoms with E-state index in [0.717, 1.165) is 12.1 Å². The molecule has 1 aliphatic rings. The third kappa shape index (κ3) is 4.35. The van der Waals surface area contributed by atoms with Crippen molar-refractivity contribution in [3.63, 3.8) is 0 Å². The lowest BCUT2D eigenvalue weighted by atomic mass is 9.83. The summed E-state index contributed by atoms with van der Waals surface area (Å²) in [5.41, 5.74) is -0.384. The third-order valence-electron chi connectivity index (χ3n) is 4.64. The van der Waals surface area contributed by atoms with Crippen molar-refractivity contribution in [2.45, 2.75) is 29.9 Å². The molecule has 0 amide bonds. The number of halogens is 2. The summed E-state index contributed by atoms with van der Waals surface area (Å²) in [6.07, 6.45) is 0.485. The zero-order chi connectivity index (χ0) is 19.5. The Bertz CT molecular complexity index is 912. The Balaban J connectivity index is 2.00. The van der Waals surface area contributed by atoms with Gasteiger partial charge in [-0.25, -0.2) is 21.9 Å². The molecule has 5 nitrogen and oxygen atoms in total. The lowest BCUT2D eigenvalue weighted by molar-refractivity contribution is 0.0446. The highest BCUT2D eigenvalue weighted by Gasteiger charge is 2.40. The van der Waals surface area contributed by atoms with E-state index in [2.05, 4.69) is 4.72 Å². The van der Waals surface area contributed by atoms with Crippen molar-refractivity contribution >= 4 is 10.0 Å². The van der Waals surface area contributed by atoms with Crippen molar-refractivity contribution in [3.8, 4) is 0 Å². The highest BCUT2D eigenvalue weighted by Crippen LogP contribution is 2.35. The smallest absolute Gasteiger partial charge is 0.241 e. The second kappa shape index (κ2) is 8.02. The topological polar surface area (TPSA) is 64.6 Å². The standard InChI is InChI=1S/C19H21F2NO4S/c1-25-13-14-3-2-4-16(11-14)27(23,24)22-19(7-9-26-10-8-19)17-6-5-15(20)12-18(17)21/h2-6,11-12,22H,7-10,13H2,1H3. The molecule has 0 radical (unpaired) electrons. The van der Waals surface area contributed by atoms with E-state index in [1.54, 1.807) is 12.1 Å². The van der Waals surface area contributed by atoms with Gasteiger partial charge in [-0.1, -0.05) is 18.2 Å². The van der Waals surface area contributed by atoms with Gasteiger partial charge in [0, 0.05) is 32.0 Å². The zero-order valence-corrected chi connectivity index (χ0v) is 15.7. The molecule has 0 aliphatic carbocycles. The molecular formula is C19H21F2NO4S. The predicted molar refractivity (Wildman–Crippen MR) is 95.6 cm³/mol. The molecule has 27 heavy (non-hydrogen) atoms. The van der Waals surface area contributed by atoms with Gasteiger partial charge in [0.1, 0.15) is 11.6 Å². The lowest BCUT2D eigenvalue weighted by Crippen LogP contribution is -2.49. The van der Waals surface area contributed by atoms with Gasteiger partial charge in [0.2, 0.25) is 10.0 Å². The van der Waals surface area contributed by atoms with E-state index in [0.29, 0.717) is 5.56 Å². The second-order valence-corrected chi connectivity index (χ2v) is 8.19. The van der Waals surface area contributed by atoms with Crippen LogP contribution in [0.15, 0.2) is 47.4 Å². The Kier molecular flexibility index (Phi) is 5.90. The Morgan fingerprint density at radius 1 is 1.15 bits per heavy atom. The van der Waals surface area contributed by atoms with Crippen molar-refractivity contribution < 1.29 is 26.7 Å². The van der Waals surface area contributed by atoms with E-state index in [-0.39, 0.29) is 43.1 Å². The number of benzene rings is 2. The van der Waals surface area contributed by atoms with Gasteiger partial charge >= 0.3 is 0 Å². The van der Waals surface area contributed by atoms with E-state index in [1.807, 2.05) is 0 Å². The van der Waals surface area contributed by atoms with Gasteiger partial charge in [0.15, 0.2) is 0 Å². The lowest BCUT2D eigenvalue weighted by Gasteiger charge is -2.38. The first-order chi connectivity index (χ1) is 12.9. The van der Waals surface area contributed by atoms with Crippen LogP contribution in [0.1, 0.15) is 24.0 Å². The summed E-state index contributed by atoms with van der Waals surface area (Å²) in [5, 5.41) is 0. The fraction of sp³-hybridized carbons (Fsp3) is 0.368. The molecule has 0 atom stereocenters. The monoisotopic (exact) mass is 397 g/mol. The van der Waals surface area contributed by atoms with Crippen molar-refractivity contribution in [3.05, 3.63) is 65.2 Å². The molecule has 0 unspecified atom stereocenters. The zero-order valence-electron chi connectivity index (χ0n) is 14.9. The van der Waals surface area contributed by atoms with Crippen molar-refractivity contribution in [1.29, 1.82) is 0 Å². The molecule has 1 fully saturated rings. The van der Waals surface area contributed by atoms with Crippen LogP contribution >= 0.6 is 0 Å². The highest BCUT2D eigenvalue weighted by atomic mass is 32.2. The quantitative estimate of drug-likeness (QED) is 0.814. The summed E-state index contributed by atoms with van der Waals surface area (Å²) in [6.45, 7) is 0.807. The van der Waals surface area contributed by atoms with Crippen LogP contribution in [0.5, 0.6) is 0 Å². The highest BCUT2D eigenvalue weighted by molar-refractivity contribution is 7.89. The molecule has 1 N–H and O–H groups in total. The minimum absolute atomic E-state index is 0.0606. The molecule has 1 saturated heterocycles. The van der Waals surface area contributed by atoms with Crippen LogP contribution in [0.3, 0.4) is 0 Å². The number of sulfonamides is 1. The van der Waals surface area contributed by atoms with Gasteiger partial charge in [-0.05, 0) is 36.6 Å². The summed E-state index contributed by atoms with van der Waals surface area (Å²) in [4.78, 5) is 0.0606. The van der Waals surface area contributed by atoms with Gasteiger partial charge in [0.05, 0.1) is 17.0 Å². The first-order valence-electron chi connectivity index (χ1n) is 8.51. The second-order valence-electron chi connectivity index (χ2n) is 6.50. The SMILES string of the molecule is COCc1cccc(S(=O)(=O)NC2(c3ccc(F)cc3F)CCOCC2)c1. The summed E-state index contributed by atoms with van der Waals surface area (Å²) in [7, 11) is -2.43. The van der Waals surface area contributed by atoms with Crippen molar-refractivity contribution in [1.82, 2.24) is 4.72 Å². The van der Waals surface area contributed by atoms with Crippen molar-refractivity contribution in [2.75, 3.05) is 20.3 Å². The number of ether oxygens (including phenoxy) is 2. The number of nitrogens with one attached hydrogen (secondary N) is 1. The van der Waals surface area contributed by atoms with Gasteiger partial charge in [-0.3, -0.25) is 0 Å². The molecule has 8 heteroatoms. The van der Waals surface area contributed by atoms with Gasteiger partial charge in [-0.2, -0.15) is 0 Å². The van der Waals surface area contributed by atoms with E-state index in [9.17, 15) is 17.2 Å². The van der Waals surface area contributed by atoms with Crippen LogP contribution in [-0.2, 0) is 31.6 Å². The number of rotatable bonds is 6. The Morgan fingerprint density at radius 3 is 2.56 bits per heavy atom. The van der Waals surface area contributed by atoms with Crippen molar-refractivity contribution in [2.24, 2.45) is 0 Å². The summed E-state index contributed by atoms with van der Waals surface area (Å²) in [6, 6.07) is 9.54. The maximum Gasteiger partial charge on any atom is 0.241 e. The van der Waals surface area contributed by atoms with Gasteiger partial charge in [-0.15, -0.1) is 0 Å². The fourth-order valence-electron chi connectivity index (χ4n) is 3.31. The molecule has 1 heterocycles. The molecule has 1 aliphatic heterocycles. The maximum atomic E-state index is 14.5. The molecule has 0 spiro atoms. The number of hydrogen-bond donors (Lipinski definition) is 1. The predicted octanol–water partition coefficient (Wildman–Crippen LogP) is 3.10. The molecule has 2 aromatic rings. The van der Waals surface area contributed by atoms with Crippen LogP contribution in [0.4, 0.5) is 8.78 Å². The van der Waals surface area contributed by atoms with Gasteiger partial charge in [0.25, 0.3) is 0 Å². The first-order valence-corrected chi connectivity index (χ1v) is 10.00. The van der Waals surface area contributed by atoms with Crippen LogP contribution < -0.4 is 4.72 Å². The van der Waals surface area contributed by atoms with E-state index in [1.165, 1.54) is 25.3 Å². The first kappa shape index (κ1) is 19.9. The molecule has 0 aromatic heterocycles. The maximum absolute atomic E-state index is 14.5. The van der Waals surface area contributed by atoms with Crippen LogP contribution in [-0.4, -0.2) is 28.7 Å². The van der Waals surface area contributed by atoms with Crippen LogP contribution in [0, 0.1) is 11.6 Å². The van der Waals surface area contributed by atoms with Crippen LogP contribution in [0.25, 0.3) is 0 Å². The summed E-state index contributed by atoms with van der Waals surface area (Å²) in [5.74, 6) is -1.50. The molecular weight excluding hydrogens is 376 g/mol. The molecule has 146 valence electrons. The summed E-state index contributed by atoms with van der Waals surface area (Å²) >= 11 is 0. The molecule has 3 rings (SSSR count). The molecule has 2 aromatic carbocycles. The largest absolute Gasteiger partial charge is 0.381 e. The number of hydrogen-bond acceptors (Lipinski definition) is 4. The molecule has 0 saturated carbocycles. The summed E-state index contributed by atoms with van der Waals surface area (Å²) < 4.78 is 66.9. The molecule has 0 bridgehead atoms. The Morgan fingerprint density at radius 2 is 1.89 bits per heavy atom. The number of methoxy groups -OCH3 is 1. The minimum atomic E-state index is -3.96. The average Bonchev–Trinajstić information content (AvgIpc) is 2.62. The van der Waals surface area contributed by atoms with E-state index >= 15 is 0 Å². The average molecular weight is 397 g/mol. The van der Waals surface area contributed by atoms with Crippen LogP contribution in [0.2, 0.25) is 0 Å². The fourth-order valence-corrected chi connectivity index (χ4v) is 4.82. The normalized spacial score (nSPS) is 17.0. The Labute approximate surface area is 157 Å². The Hall–Kier alpha value is -1.87.